The van der Waals surface area contributed by atoms with Crippen LogP contribution in [0.3, 0.4) is 0 Å². The first-order valence-electron chi connectivity index (χ1n) is 3.55. The van der Waals surface area contributed by atoms with Gasteiger partial charge in [-0.3, -0.25) is 10.7 Å². The number of nitrogens with zero attached hydrogens (tertiary/aromatic N) is 2. The van der Waals surface area contributed by atoms with Crippen molar-refractivity contribution in [2.75, 3.05) is 26.3 Å². The average Bonchev–Trinajstić information content (AvgIpc) is 2.17. The highest BCUT2D eigenvalue weighted by atomic mass is 15.5. The third-order valence-electron chi connectivity index (χ3n) is 1.62. The Labute approximate surface area is 56.4 Å². The Balaban J connectivity index is 2.14. The summed E-state index contributed by atoms with van der Waals surface area (Å²) >= 11 is 0. The third kappa shape index (κ3) is 1.93. The maximum Gasteiger partial charge on any atom is 0.0644 e. The summed E-state index contributed by atoms with van der Waals surface area (Å²) < 4.78 is 0. The summed E-state index contributed by atoms with van der Waals surface area (Å²) in [5, 5.41) is 1.86. The van der Waals surface area contributed by atoms with E-state index in [1.165, 1.54) is 13.0 Å². The fourth-order valence-corrected chi connectivity index (χ4v) is 1.17. The van der Waals surface area contributed by atoms with Gasteiger partial charge in [0, 0.05) is 13.1 Å². The molecular formula is C6H15N3. The standard InChI is InChI=1S/C6H15N3/c1-2-3-8-4-5-9(7)6-8/h2-7H2,1H3. The number of rotatable bonds is 2. The molecule has 2 N–H and O–H groups in total. The van der Waals surface area contributed by atoms with Crippen molar-refractivity contribution in [3.63, 3.8) is 0 Å². The number of hydrazine groups is 1. The summed E-state index contributed by atoms with van der Waals surface area (Å²) in [6.45, 7) is 6.51. The lowest BCUT2D eigenvalue weighted by atomic mass is 10.4. The Hall–Kier alpha value is -0.120. The molecule has 3 heteroatoms. The highest BCUT2D eigenvalue weighted by molar-refractivity contribution is 4.65. The topological polar surface area (TPSA) is 32.5 Å². The molecule has 0 aromatic heterocycles. The first kappa shape index (κ1) is 6.99. The van der Waals surface area contributed by atoms with E-state index in [1.54, 1.807) is 0 Å². The average molecular weight is 129 g/mol. The Kier molecular flexibility index (Phi) is 2.45. The van der Waals surface area contributed by atoms with E-state index in [1.807, 2.05) is 5.01 Å². The largest absolute Gasteiger partial charge is 0.288 e. The summed E-state index contributed by atoms with van der Waals surface area (Å²) in [6, 6.07) is 0. The number of nitrogens with two attached hydrogens (primary N) is 1. The molecule has 1 heterocycles. The van der Waals surface area contributed by atoms with E-state index < -0.39 is 0 Å². The summed E-state index contributed by atoms with van der Waals surface area (Å²) in [6.07, 6.45) is 1.23. The molecule has 0 atom stereocenters. The first-order valence-corrected chi connectivity index (χ1v) is 3.55. The van der Waals surface area contributed by atoms with Crippen molar-refractivity contribution in [1.29, 1.82) is 0 Å². The van der Waals surface area contributed by atoms with Gasteiger partial charge in [0.25, 0.3) is 0 Å². The van der Waals surface area contributed by atoms with Crippen molar-refractivity contribution >= 4 is 0 Å². The normalized spacial score (nSPS) is 23.3. The van der Waals surface area contributed by atoms with Gasteiger partial charge in [-0.15, -0.1) is 0 Å². The Morgan fingerprint density at radius 1 is 1.44 bits per heavy atom. The van der Waals surface area contributed by atoms with Crippen LogP contribution in [0.5, 0.6) is 0 Å². The van der Waals surface area contributed by atoms with E-state index in [-0.39, 0.29) is 0 Å². The van der Waals surface area contributed by atoms with Crippen LogP contribution in [0.1, 0.15) is 13.3 Å². The molecule has 0 bridgehead atoms. The predicted molar refractivity (Wildman–Crippen MR) is 37.6 cm³/mol. The summed E-state index contributed by atoms with van der Waals surface area (Å²) in [7, 11) is 0. The van der Waals surface area contributed by atoms with Gasteiger partial charge in [-0.25, -0.2) is 5.01 Å². The second-order valence-corrected chi connectivity index (χ2v) is 2.57. The van der Waals surface area contributed by atoms with E-state index in [0.717, 1.165) is 19.8 Å². The highest BCUT2D eigenvalue weighted by Crippen LogP contribution is 1.99. The Morgan fingerprint density at radius 3 is 2.67 bits per heavy atom. The predicted octanol–water partition coefficient (Wildman–Crippen LogP) is -0.155. The molecule has 0 unspecified atom stereocenters. The summed E-state index contributed by atoms with van der Waals surface area (Å²) in [5.41, 5.74) is 0. The van der Waals surface area contributed by atoms with Crippen LogP contribution in [0.15, 0.2) is 0 Å². The molecule has 0 aromatic carbocycles. The molecule has 1 rings (SSSR count). The van der Waals surface area contributed by atoms with E-state index in [9.17, 15) is 0 Å². The smallest absolute Gasteiger partial charge is 0.0644 e. The Bertz CT molecular complexity index is 82.4. The number of hydrogen-bond donors (Lipinski definition) is 1. The maximum atomic E-state index is 5.55. The van der Waals surface area contributed by atoms with Gasteiger partial charge in [-0.05, 0) is 13.0 Å². The SMILES string of the molecule is CCCN1CCN(N)C1. The van der Waals surface area contributed by atoms with E-state index >= 15 is 0 Å². The van der Waals surface area contributed by atoms with E-state index in [2.05, 4.69) is 11.8 Å². The lowest BCUT2D eigenvalue weighted by Crippen LogP contribution is -2.31. The quantitative estimate of drug-likeness (QED) is 0.526. The van der Waals surface area contributed by atoms with Crippen molar-refractivity contribution in [3.8, 4) is 0 Å². The molecule has 0 aliphatic carbocycles. The van der Waals surface area contributed by atoms with Crippen LogP contribution in [0.4, 0.5) is 0 Å². The van der Waals surface area contributed by atoms with Gasteiger partial charge in [0.1, 0.15) is 0 Å². The lowest BCUT2D eigenvalue weighted by Gasteiger charge is -2.12. The molecule has 1 aliphatic heterocycles. The zero-order valence-electron chi connectivity index (χ0n) is 6.01. The highest BCUT2D eigenvalue weighted by Gasteiger charge is 2.14. The van der Waals surface area contributed by atoms with Crippen LogP contribution in [0.2, 0.25) is 0 Å². The molecule has 54 valence electrons. The zero-order chi connectivity index (χ0) is 6.69. The van der Waals surface area contributed by atoms with Crippen molar-refractivity contribution in [2.24, 2.45) is 5.84 Å². The van der Waals surface area contributed by atoms with Gasteiger partial charge in [-0.2, -0.15) is 0 Å². The second kappa shape index (κ2) is 3.15. The summed E-state index contributed by atoms with van der Waals surface area (Å²) in [4.78, 5) is 2.36. The van der Waals surface area contributed by atoms with Crippen LogP contribution >= 0.6 is 0 Å². The van der Waals surface area contributed by atoms with Gasteiger partial charge in [0.2, 0.25) is 0 Å². The first-order chi connectivity index (χ1) is 4.33. The molecule has 0 aromatic rings. The minimum atomic E-state index is 0.952. The van der Waals surface area contributed by atoms with Crippen LogP contribution in [0.25, 0.3) is 0 Å². The molecule has 0 spiro atoms. The third-order valence-corrected chi connectivity index (χ3v) is 1.62. The van der Waals surface area contributed by atoms with Crippen LogP contribution in [-0.4, -0.2) is 36.2 Å². The zero-order valence-corrected chi connectivity index (χ0v) is 6.01. The van der Waals surface area contributed by atoms with Crippen LogP contribution < -0.4 is 5.84 Å². The molecule has 1 saturated heterocycles. The molecule has 0 saturated carbocycles. The van der Waals surface area contributed by atoms with Gasteiger partial charge >= 0.3 is 0 Å². The van der Waals surface area contributed by atoms with Crippen molar-refractivity contribution in [3.05, 3.63) is 0 Å². The van der Waals surface area contributed by atoms with Crippen LogP contribution in [0, 0.1) is 0 Å². The number of hydrogen-bond acceptors (Lipinski definition) is 3. The molecule has 1 aliphatic rings. The van der Waals surface area contributed by atoms with Gasteiger partial charge < -0.3 is 0 Å². The molecule has 9 heavy (non-hydrogen) atoms. The Morgan fingerprint density at radius 2 is 2.22 bits per heavy atom. The molecule has 1 fully saturated rings. The molecule has 0 amide bonds. The minimum absolute atomic E-state index is 0.952. The summed E-state index contributed by atoms with van der Waals surface area (Å²) in [5.74, 6) is 5.55. The fraction of sp³-hybridized carbons (Fsp3) is 1.00. The van der Waals surface area contributed by atoms with Crippen molar-refractivity contribution < 1.29 is 0 Å². The second-order valence-electron chi connectivity index (χ2n) is 2.57. The van der Waals surface area contributed by atoms with Crippen molar-refractivity contribution in [2.45, 2.75) is 13.3 Å². The minimum Gasteiger partial charge on any atom is -0.288 e. The molecular weight excluding hydrogens is 114 g/mol. The monoisotopic (exact) mass is 129 g/mol. The fourth-order valence-electron chi connectivity index (χ4n) is 1.17. The van der Waals surface area contributed by atoms with Gasteiger partial charge in [-0.1, -0.05) is 6.92 Å². The van der Waals surface area contributed by atoms with Crippen molar-refractivity contribution in [1.82, 2.24) is 9.91 Å². The molecule has 3 nitrogen and oxygen atoms in total. The van der Waals surface area contributed by atoms with E-state index in [4.69, 9.17) is 5.84 Å². The molecule has 0 radical (unpaired) electrons. The lowest BCUT2D eigenvalue weighted by molar-refractivity contribution is 0.251. The van der Waals surface area contributed by atoms with Crippen LogP contribution in [-0.2, 0) is 0 Å². The van der Waals surface area contributed by atoms with Gasteiger partial charge in [0.15, 0.2) is 0 Å². The maximum absolute atomic E-state index is 5.55. The van der Waals surface area contributed by atoms with E-state index in [0.29, 0.717) is 0 Å². The van der Waals surface area contributed by atoms with Gasteiger partial charge in [0.05, 0.1) is 6.67 Å².